The Morgan fingerprint density at radius 2 is 1.92 bits per heavy atom. The topological polar surface area (TPSA) is 76.6 Å². The van der Waals surface area contributed by atoms with E-state index >= 15 is 0 Å². The highest BCUT2D eigenvalue weighted by atomic mass is 16.5. The van der Waals surface area contributed by atoms with Gasteiger partial charge in [0, 0.05) is 45.8 Å². The number of nitrogens with zero attached hydrogens (tertiary/aromatic N) is 4. The largest absolute Gasteiger partial charge is 0.480 e. The van der Waals surface area contributed by atoms with Crippen molar-refractivity contribution in [2.24, 2.45) is 0 Å². The summed E-state index contributed by atoms with van der Waals surface area (Å²) in [7, 11) is 1.78. The summed E-state index contributed by atoms with van der Waals surface area (Å²) in [6.45, 7) is 11.2. The lowest BCUT2D eigenvalue weighted by molar-refractivity contribution is -0.141. The number of aliphatic carboxylic acids is 1. The molecule has 2 heterocycles. The fourth-order valence-corrected chi connectivity index (χ4v) is 3.55. The Morgan fingerprint density at radius 3 is 2.52 bits per heavy atom. The predicted molar refractivity (Wildman–Crippen MR) is 94.6 cm³/mol. The molecule has 1 N–H and O–H groups in total. The van der Waals surface area contributed by atoms with Crippen LogP contribution in [0, 0.1) is 0 Å². The van der Waals surface area contributed by atoms with Crippen molar-refractivity contribution in [2.45, 2.75) is 26.0 Å². The van der Waals surface area contributed by atoms with Crippen LogP contribution in [0.5, 0.6) is 0 Å². The first-order valence-electron chi connectivity index (χ1n) is 9.17. The van der Waals surface area contributed by atoms with E-state index in [0.717, 1.165) is 39.3 Å². The fraction of sp³-hybridized carbons (Fsp3) is 0.882. The Bertz CT molecular complexity index is 454. The monoisotopic (exact) mass is 356 g/mol. The zero-order chi connectivity index (χ0) is 18.4. The van der Waals surface area contributed by atoms with Crippen LogP contribution in [0.3, 0.4) is 0 Å². The molecular weight excluding hydrogens is 324 g/mol. The zero-order valence-corrected chi connectivity index (χ0v) is 15.7. The number of rotatable bonds is 7. The van der Waals surface area contributed by atoms with Gasteiger partial charge >= 0.3 is 5.97 Å². The molecule has 25 heavy (non-hydrogen) atoms. The zero-order valence-electron chi connectivity index (χ0n) is 15.7. The number of carbonyl (C=O) groups is 2. The molecule has 0 aromatic rings. The van der Waals surface area contributed by atoms with Gasteiger partial charge in [0.1, 0.15) is 0 Å². The van der Waals surface area contributed by atoms with Gasteiger partial charge in [-0.05, 0) is 20.5 Å². The first kappa shape index (κ1) is 20.1. The maximum atomic E-state index is 12.8. The Labute approximate surface area is 150 Å². The van der Waals surface area contributed by atoms with Gasteiger partial charge in [-0.15, -0.1) is 0 Å². The van der Waals surface area contributed by atoms with Crippen LogP contribution in [0.15, 0.2) is 0 Å². The van der Waals surface area contributed by atoms with Gasteiger partial charge in [0.05, 0.1) is 25.3 Å². The molecule has 1 amide bonds. The van der Waals surface area contributed by atoms with E-state index in [0.29, 0.717) is 19.7 Å². The lowest BCUT2D eigenvalue weighted by Gasteiger charge is -2.40. The molecule has 2 rings (SSSR count). The van der Waals surface area contributed by atoms with E-state index in [2.05, 4.69) is 16.7 Å². The number of likely N-dealkylation sites (N-methyl/N-ethyl adjacent to an activating group) is 2. The summed E-state index contributed by atoms with van der Waals surface area (Å²) in [5, 5.41) is 8.86. The molecule has 2 aliphatic heterocycles. The Hall–Kier alpha value is -1.22. The molecule has 0 spiro atoms. The smallest absolute Gasteiger partial charge is 0.317 e. The SMILES string of the molecule is CCN1CCN(C(=O)C(C)N2CCOC(CN(C)CC(=O)O)C2)CC1. The summed E-state index contributed by atoms with van der Waals surface area (Å²) < 4.78 is 5.76. The molecule has 8 heteroatoms. The molecule has 2 saturated heterocycles. The third kappa shape index (κ3) is 5.91. The maximum Gasteiger partial charge on any atom is 0.317 e. The third-order valence-corrected chi connectivity index (χ3v) is 5.13. The normalized spacial score (nSPS) is 24.5. The third-order valence-electron chi connectivity index (χ3n) is 5.13. The van der Waals surface area contributed by atoms with Crippen LogP contribution in [0.1, 0.15) is 13.8 Å². The van der Waals surface area contributed by atoms with Crippen molar-refractivity contribution >= 4 is 11.9 Å². The van der Waals surface area contributed by atoms with Gasteiger partial charge < -0.3 is 19.6 Å². The second-order valence-electron chi connectivity index (χ2n) is 7.01. The fourth-order valence-electron chi connectivity index (χ4n) is 3.55. The van der Waals surface area contributed by atoms with E-state index in [9.17, 15) is 9.59 Å². The Kier molecular flexibility index (Phi) is 7.61. The van der Waals surface area contributed by atoms with Gasteiger partial charge in [-0.1, -0.05) is 6.92 Å². The van der Waals surface area contributed by atoms with E-state index in [4.69, 9.17) is 9.84 Å². The van der Waals surface area contributed by atoms with Crippen LogP contribution in [-0.4, -0.2) is 121 Å². The number of carbonyl (C=O) groups excluding carboxylic acids is 1. The lowest BCUT2D eigenvalue weighted by atomic mass is 10.1. The number of carboxylic acids is 1. The van der Waals surface area contributed by atoms with Crippen LogP contribution in [0.25, 0.3) is 0 Å². The van der Waals surface area contributed by atoms with Gasteiger partial charge in [-0.2, -0.15) is 0 Å². The van der Waals surface area contributed by atoms with Gasteiger partial charge in [0.2, 0.25) is 5.91 Å². The molecule has 144 valence electrons. The van der Waals surface area contributed by atoms with Crippen LogP contribution in [0.2, 0.25) is 0 Å². The number of hydrogen-bond acceptors (Lipinski definition) is 6. The van der Waals surface area contributed by atoms with Crippen molar-refractivity contribution in [2.75, 3.05) is 72.6 Å². The quantitative estimate of drug-likeness (QED) is 0.644. The Morgan fingerprint density at radius 1 is 1.24 bits per heavy atom. The highest BCUT2D eigenvalue weighted by molar-refractivity contribution is 5.81. The molecule has 2 aliphatic rings. The van der Waals surface area contributed by atoms with E-state index in [1.54, 1.807) is 11.9 Å². The molecule has 2 atom stereocenters. The predicted octanol–water partition coefficient (Wildman–Crippen LogP) is -0.744. The molecule has 0 radical (unpaired) electrons. The van der Waals surface area contributed by atoms with Crippen LogP contribution < -0.4 is 0 Å². The molecule has 0 aliphatic carbocycles. The molecule has 0 bridgehead atoms. The average Bonchev–Trinajstić information content (AvgIpc) is 2.60. The van der Waals surface area contributed by atoms with Gasteiger partial charge in [-0.25, -0.2) is 0 Å². The van der Waals surface area contributed by atoms with Crippen LogP contribution >= 0.6 is 0 Å². The molecule has 8 nitrogen and oxygen atoms in total. The van der Waals surface area contributed by atoms with Crippen LogP contribution in [-0.2, 0) is 14.3 Å². The van der Waals surface area contributed by atoms with Crippen molar-refractivity contribution in [1.82, 2.24) is 19.6 Å². The minimum atomic E-state index is -0.843. The summed E-state index contributed by atoms with van der Waals surface area (Å²) >= 11 is 0. The molecular formula is C17H32N4O4. The minimum absolute atomic E-state index is 0.00392. The summed E-state index contributed by atoms with van der Waals surface area (Å²) in [5.74, 6) is -0.653. The molecule has 2 fully saturated rings. The lowest BCUT2D eigenvalue weighted by Crippen LogP contribution is -2.57. The summed E-state index contributed by atoms with van der Waals surface area (Å²) in [6.07, 6.45) is -0.0645. The van der Waals surface area contributed by atoms with Gasteiger partial charge in [0.15, 0.2) is 0 Å². The summed E-state index contributed by atoms with van der Waals surface area (Å²) in [4.78, 5) is 31.8. The van der Waals surface area contributed by atoms with Crippen molar-refractivity contribution in [3.8, 4) is 0 Å². The van der Waals surface area contributed by atoms with Crippen LogP contribution in [0.4, 0.5) is 0 Å². The molecule has 2 unspecified atom stereocenters. The summed E-state index contributed by atoms with van der Waals surface area (Å²) in [6, 6.07) is -0.163. The standard InChI is InChI=1S/C17H32N4O4/c1-4-19-5-7-20(8-6-19)17(24)14(2)21-9-10-25-15(12-21)11-18(3)13-16(22)23/h14-15H,4-13H2,1-3H3,(H,22,23). The molecule has 0 aromatic heterocycles. The Balaban J connectivity index is 1.83. The number of amides is 1. The van der Waals surface area contributed by atoms with E-state index in [-0.39, 0.29) is 24.6 Å². The van der Waals surface area contributed by atoms with E-state index in [1.807, 2.05) is 11.8 Å². The van der Waals surface area contributed by atoms with Gasteiger partial charge in [-0.3, -0.25) is 19.4 Å². The van der Waals surface area contributed by atoms with Gasteiger partial charge in [0.25, 0.3) is 0 Å². The number of carboxylic acid groups (broad SMARTS) is 1. The highest BCUT2D eigenvalue weighted by Crippen LogP contribution is 2.13. The van der Waals surface area contributed by atoms with Crippen molar-refractivity contribution < 1.29 is 19.4 Å². The minimum Gasteiger partial charge on any atom is -0.480 e. The second-order valence-corrected chi connectivity index (χ2v) is 7.01. The van der Waals surface area contributed by atoms with E-state index in [1.165, 1.54) is 0 Å². The van der Waals surface area contributed by atoms with Crippen molar-refractivity contribution in [1.29, 1.82) is 0 Å². The highest BCUT2D eigenvalue weighted by Gasteiger charge is 2.32. The van der Waals surface area contributed by atoms with E-state index < -0.39 is 5.97 Å². The van der Waals surface area contributed by atoms with Crippen molar-refractivity contribution in [3.05, 3.63) is 0 Å². The average molecular weight is 356 g/mol. The summed E-state index contributed by atoms with van der Waals surface area (Å²) in [5.41, 5.74) is 0. The number of hydrogen-bond donors (Lipinski definition) is 1. The second kappa shape index (κ2) is 9.47. The molecule has 0 aromatic carbocycles. The number of piperazine rings is 1. The number of morpholine rings is 1. The first-order valence-corrected chi connectivity index (χ1v) is 9.17. The molecule has 0 saturated carbocycles. The number of ether oxygens (including phenoxy) is 1. The van der Waals surface area contributed by atoms with Crippen molar-refractivity contribution in [3.63, 3.8) is 0 Å². The first-order chi connectivity index (χ1) is 11.9. The maximum absolute atomic E-state index is 12.8.